The highest BCUT2D eigenvalue weighted by Crippen LogP contribution is 2.29. The Labute approximate surface area is 95.7 Å². The summed E-state index contributed by atoms with van der Waals surface area (Å²) in [5.74, 6) is 4.40. The first-order valence-electron chi connectivity index (χ1n) is 5.02. The second-order valence-corrected chi connectivity index (χ2v) is 3.52. The van der Waals surface area contributed by atoms with E-state index in [1.54, 1.807) is 0 Å². The van der Waals surface area contributed by atoms with E-state index in [0.29, 0.717) is 19.0 Å². The molecule has 0 radical (unpaired) electrons. The monoisotopic (exact) mass is 250 g/mol. The third-order valence-corrected chi connectivity index (χ3v) is 2.26. The second-order valence-electron chi connectivity index (χ2n) is 3.52. The van der Waals surface area contributed by atoms with E-state index in [4.69, 9.17) is 5.84 Å². The quantitative estimate of drug-likeness (QED) is 0.479. The summed E-state index contributed by atoms with van der Waals surface area (Å²) in [6.45, 7) is 1.81. The van der Waals surface area contributed by atoms with Gasteiger partial charge in [0.2, 0.25) is 0 Å². The average molecular weight is 250 g/mol. The molecule has 1 aromatic heterocycles. The maximum absolute atomic E-state index is 12.4. The van der Waals surface area contributed by atoms with Crippen LogP contribution in [0.2, 0.25) is 0 Å². The number of hydrazine groups is 1. The molecule has 0 saturated carbocycles. The number of nitrogens with two attached hydrogens (primary N) is 1. The van der Waals surface area contributed by atoms with E-state index in [1.165, 1.54) is 0 Å². The lowest BCUT2D eigenvalue weighted by atomic mass is 10.1. The van der Waals surface area contributed by atoms with E-state index in [9.17, 15) is 18.0 Å². The first kappa shape index (κ1) is 13.5. The number of rotatable bonds is 4. The van der Waals surface area contributed by atoms with Crippen molar-refractivity contribution in [1.29, 1.82) is 0 Å². The smallest absolute Gasteiger partial charge is 0.292 e. The van der Waals surface area contributed by atoms with Crippen molar-refractivity contribution < 1.29 is 18.0 Å². The van der Waals surface area contributed by atoms with Crippen molar-refractivity contribution in [3.63, 3.8) is 0 Å². The Morgan fingerprint density at radius 3 is 2.71 bits per heavy atom. The van der Waals surface area contributed by atoms with E-state index in [-0.39, 0.29) is 0 Å². The first-order chi connectivity index (χ1) is 7.90. The van der Waals surface area contributed by atoms with Crippen molar-refractivity contribution in [2.75, 3.05) is 0 Å². The van der Waals surface area contributed by atoms with Gasteiger partial charge >= 0.3 is 6.18 Å². The average Bonchev–Trinajstić information content (AvgIpc) is 2.73. The maximum atomic E-state index is 12.4. The van der Waals surface area contributed by atoms with Gasteiger partial charge in [-0.05, 0) is 6.42 Å². The molecule has 0 bridgehead atoms. The Bertz CT molecular complexity index is 388. The SMILES string of the molecule is CCCC(C(=O)NN)n1cc(C(F)(F)F)cn1. The van der Waals surface area contributed by atoms with Crippen molar-refractivity contribution in [3.8, 4) is 0 Å². The lowest BCUT2D eigenvalue weighted by Crippen LogP contribution is -2.37. The Hall–Kier alpha value is -1.57. The molecule has 3 N–H and O–H groups in total. The maximum Gasteiger partial charge on any atom is 0.419 e. The van der Waals surface area contributed by atoms with Crippen molar-refractivity contribution in [2.45, 2.75) is 32.0 Å². The third kappa shape index (κ3) is 3.19. The number of hydrogen-bond acceptors (Lipinski definition) is 3. The summed E-state index contributed by atoms with van der Waals surface area (Å²) >= 11 is 0. The molecule has 0 saturated heterocycles. The van der Waals surface area contributed by atoms with Gasteiger partial charge in [-0.25, -0.2) is 5.84 Å². The van der Waals surface area contributed by atoms with Crippen LogP contribution in [0, 0.1) is 0 Å². The second kappa shape index (κ2) is 5.17. The van der Waals surface area contributed by atoms with Crippen molar-refractivity contribution in [3.05, 3.63) is 18.0 Å². The lowest BCUT2D eigenvalue weighted by Gasteiger charge is -2.14. The van der Waals surface area contributed by atoms with Crippen LogP contribution in [0.25, 0.3) is 0 Å². The number of carbonyl (C=O) groups is 1. The molecule has 96 valence electrons. The van der Waals surface area contributed by atoms with Crippen LogP contribution in [0.1, 0.15) is 31.4 Å². The minimum Gasteiger partial charge on any atom is -0.292 e. The fraction of sp³-hybridized carbons (Fsp3) is 0.556. The lowest BCUT2D eigenvalue weighted by molar-refractivity contribution is -0.137. The number of nitrogens with zero attached hydrogens (tertiary/aromatic N) is 2. The molecule has 0 aromatic carbocycles. The molecule has 1 aromatic rings. The molecule has 1 amide bonds. The van der Waals surface area contributed by atoms with Gasteiger partial charge in [0, 0.05) is 6.20 Å². The minimum absolute atomic E-state index is 0.363. The van der Waals surface area contributed by atoms with Crippen molar-refractivity contribution >= 4 is 5.91 Å². The van der Waals surface area contributed by atoms with E-state index >= 15 is 0 Å². The molecule has 1 rings (SSSR count). The first-order valence-corrected chi connectivity index (χ1v) is 5.02. The number of hydrogen-bond donors (Lipinski definition) is 2. The molecule has 5 nitrogen and oxygen atoms in total. The van der Waals surface area contributed by atoms with Gasteiger partial charge in [0.25, 0.3) is 5.91 Å². The summed E-state index contributed by atoms with van der Waals surface area (Å²) in [5.41, 5.74) is 1.03. The molecule has 1 unspecified atom stereocenters. The molecule has 0 aliphatic carbocycles. The van der Waals surface area contributed by atoms with Gasteiger partial charge < -0.3 is 0 Å². The number of aromatic nitrogens is 2. The summed E-state index contributed by atoms with van der Waals surface area (Å²) in [7, 11) is 0. The van der Waals surface area contributed by atoms with Gasteiger partial charge in [0.05, 0.1) is 11.8 Å². The zero-order valence-electron chi connectivity index (χ0n) is 9.16. The molecule has 0 aliphatic rings. The van der Waals surface area contributed by atoms with E-state index < -0.39 is 23.7 Å². The topological polar surface area (TPSA) is 72.9 Å². The highest BCUT2D eigenvalue weighted by molar-refractivity contribution is 5.79. The van der Waals surface area contributed by atoms with Gasteiger partial charge in [-0.3, -0.25) is 14.9 Å². The predicted molar refractivity (Wildman–Crippen MR) is 53.5 cm³/mol. The predicted octanol–water partition coefficient (Wildman–Crippen LogP) is 1.23. The molecular formula is C9H13F3N4O. The summed E-state index contributed by atoms with van der Waals surface area (Å²) in [4.78, 5) is 11.4. The summed E-state index contributed by atoms with van der Waals surface area (Å²) in [5, 5.41) is 3.55. The fourth-order valence-corrected chi connectivity index (χ4v) is 1.41. The Kier molecular flexibility index (Phi) is 4.11. The molecule has 0 fully saturated rings. The molecule has 1 heterocycles. The van der Waals surface area contributed by atoms with Crippen LogP contribution in [-0.2, 0) is 11.0 Å². The van der Waals surface area contributed by atoms with E-state index in [2.05, 4.69) is 5.10 Å². The molecule has 17 heavy (non-hydrogen) atoms. The zero-order valence-corrected chi connectivity index (χ0v) is 9.16. The molecule has 0 spiro atoms. The molecule has 0 aliphatic heterocycles. The van der Waals surface area contributed by atoms with Gasteiger partial charge in [-0.1, -0.05) is 13.3 Å². The van der Waals surface area contributed by atoms with Crippen molar-refractivity contribution in [1.82, 2.24) is 15.2 Å². The van der Waals surface area contributed by atoms with Crippen LogP contribution in [0.15, 0.2) is 12.4 Å². The van der Waals surface area contributed by atoms with E-state index in [0.717, 1.165) is 10.9 Å². The van der Waals surface area contributed by atoms with Gasteiger partial charge in [-0.2, -0.15) is 18.3 Å². The Morgan fingerprint density at radius 2 is 2.29 bits per heavy atom. The van der Waals surface area contributed by atoms with Crippen LogP contribution < -0.4 is 11.3 Å². The normalized spacial score (nSPS) is 13.5. The number of alkyl halides is 3. The summed E-state index contributed by atoms with van der Waals surface area (Å²) in [6.07, 6.45) is -1.99. The number of carbonyl (C=O) groups excluding carboxylic acids is 1. The number of amides is 1. The fourth-order valence-electron chi connectivity index (χ4n) is 1.41. The third-order valence-electron chi connectivity index (χ3n) is 2.26. The molecule has 8 heteroatoms. The van der Waals surface area contributed by atoms with Gasteiger partial charge in [0.15, 0.2) is 0 Å². The Morgan fingerprint density at radius 1 is 1.65 bits per heavy atom. The standard InChI is InChI=1S/C9H13F3N4O/c1-2-3-7(8(17)15-13)16-5-6(4-14-16)9(10,11)12/h4-5,7H,2-3,13H2,1H3,(H,15,17). The van der Waals surface area contributed by atoms with Crippen molar-refractivity contribution in [2.24, 2.45) is 5.84 Å². The molecule has 1 atom stereocenters. The Balaban J connectivity index is 2.96. The van der Waals surface area contributed by atoms with Crippen LogP contribution in [0.4, 0.5) is 13.2 Å². The van der Waals surface area contributed by atoms with Gasteiger partial charge in [0.1, 0.15) is 6.04 Å². The number of halogens is 3. The van der Waals surface area contributed by atoms with Crippen LogP contribution in [0.5, 0.6) is 0 Å². The summed E-state index contributed by atoms with van der Waals surface area (Å²) in [6, 6.07) is -0.818. The molecular weight excluding hydrogens is 237 g/mol. The number of nitrogens with one attached hydrogen (secondary N) is 1. The van der Waals surface area contributed by atoms with Crippen LogP contribution >= 0.6 is 0 Å². The largest absolute Gasteiger partial charge is 0.419 e. The zero-order chi connectivity index (χ0) is 13.1. The highest BCUT2D eigenvalue weighted by Gasteiger charge is 2.33. The highest BCUT2D eigenvalue weighted by atomic mass is 19.4. The van der Waals surface area contributed by atoms with Crippen LogP contribution in [-0.4, -0.2) is 15.7 Å². The van der Waals surface area contributed by atoms with E-state index in [1.807, 2.05) is 12.3 Å². The van der Waals surface area contributed by atoms with Crippen LogP contribution in [0.3, 0.4) is 0 Å². The minimum atomic E-state index is -4.46. The van der Waals surface area contributed by atoms with Gasteiger partial charge in [-0.15, -0.1) is 0 Å². The summed E-state index contributed by atoms with van der Waals surface area (Å²) < 4.78 is 38.0.